The number of amides is 1. The van der Waals surface area contributed by atoms with Gasteiger partial charge in [0.15, 0.2) is 5.78 Å². The van der Waals surface area contributed by atoms with Gasteiger partial charge in [-0.1, -0.05) is 25.8 Å². The number of rotatable bonds is 8. The smallest absolute Gasteiger partial charge is 0.251 e. The Morgan fingerprint density at radius 3 is 2.77 bits per heavy atom. The largest absolute Gasteiger partial charge is 0.383 e. The van der Waals surface area contributed by atoms with Crippen molar-refractivity contribution in [1.82, 2.24) is 15.1 Å². The predicted molar refractivity (Wildman–Crippen MR) is 102 cm³/mol. The van der Waals surface area contributed by atoms with Crippen LogP contribution in [0.1, 0.15) is 71.7 Å². The highest BCUT2D eigenvalue weighted by Gasteiger charge is 2.24. The SMILES string of the molecule is CCCCCC(=O)c1cnn(-c2cc(C(=O)NC3CC3)ccc2C)c1N. The minimum absolute atomic E-state index is 0.0162. The van der Waals surface area contributed by atoms with Crippen molar-refractivity contribution in [3.05, 3.63) is 41.1 Å². The van der Waals surface area contributed by atoms with Crippen molar-refractivity contribution in [3.63, 3.8) is 0 Å². The summed E-state index contributed by atoms with van der Waals surface area (Å²) in [7, 11) is 0. The van der Waals surface area contributed by atoms with Crippen LogP contribution in [0.25, 0.3) is 5.69 Å². The highest BCUT2D eigenvalue weighted by Crippen LogP contribution is 2.24. The summed E-state index contributed by atoms with van der Waals surface area (Å²) in [4.78, 5) is 24.7. The number of hydrogen-bond acceptors (Lipinski definition) is 4. The average Bonchev–Trinajstić information content (AvgIpc) is 3.35. The van der Waals surface area contributed by atoms with Crippen LogP contribution in [-0.2, 0) is 0 Å². The number of Topliss-reactive ketones (excluding diaryl/α,β-unsaturated/α-hetero) is 1. The molecule has 1 heterocycles. The van der Waals surface area contributed by atoms with Crippen molar-refractivity contribution in [2.75, 3.05) is 5.73 Å². The molecule has 1 fully saturated rings. The second kappa shape index (κ2) is 7.72. The Morgan fingerprint density at radius 1 is 1.31 bits per heavy atom. The van der Waals surface area contributed by atoms with E-state index in [1.807, 2.05) is 13.0 Å². The van der Waals surface area contributed by atoms with Crippen LogP contribution in [0.4, 0.5) is 5.82 Å². The Balaban J connectivity index is 1.84. The molecule has 6 heteroatoms. The molecule has 1 aliphatic carbocycles. The minimum Gasteiger partial charge on any atom is -0.383 e. The van der Waals surface area contributed by atoms with E-state index in [0.29, 0.717) is 29.4 Å². The van der Waals surface area contributed by atoms with E-state index in [2.05, 4.69) is 17.3 Å². The summed E-state index contributed by atoms with van der Waals surface area (Å²) in [5, 5.41) is 7.29. The Bertz CT molecular complexity index is 821. The summed E-state index contributed by atoms with van der Waals surface area (Å²) in [5.41, 5.74) is 8.89. The first-order valence-corrected chi connectivity index (χ1v) is 9.29. The molecule has 0 spiro atoms. The fraction of sp³-hybridized carbons (Fsp3) is 0.450. The summed E-state index contributed by atoms with van der Waals surface area (Å²) in [6.45, 7) is 4.04. The molecular formula is C20H26N4O2. The molecule has 2 aromatic rings. The second-order valence-electron chi connectivity index (χ2n) is 6.98. The topological polar surface area (TPSA) is 90.0 Å². The van der Waals surface area contributed by atoms with Gasteiger partial charge < -0.3 is 11.1 Å². The van der Waals surface area contributed by atoms with Gasteiger partial charge in [-0.05, 0) is 43.9 Å². The maximum Gasteiger partial charge on any atom is 0.251 e. The molecule has 1 saturated carbocycles. The number of nitrogens with zero attached hydrogens (tertiary/aromatic N) is 2. The first-order valence-electron chi connectivity index (χ1n) is 9.29. The van der Waals surface area contributed by atoms with Gasteiger partial charge in [0.1, 0.15) is 5.82 Å². The molecule has 0 unspecified atom stereocenters. The lowest BCUT2D eigenvalue weighted by molar-refractivity contribution is 0.0948. The van der Waals surface area contributed by atoms with Crippen LogP contribution < -0.4 is 11.1 Å². The van der Waals surface area contributed by atoms with Crippen LogP contribution in [0.2, 0.25) is 0 Å². The molecule has 0 aliphatic heterocycles. The molecule has 1 amide bonds. The lowest BCUT2D eigenvalue weighted by Crippen LogP contribution is -2.25. The standard InChI is InChI=1S/C20H26N4O2/c1-3-4-5-6-18(25)16-12-22-24(19(16)21)17-11-14(8-7-13(17)2)20(26)23-15-9-10-15/h7-8,11-12,15H,3-6,9-10,21H2,1-2H3,(H,23,26). The summed E-state index contributed by atoms with van der Waals surface area (Å²) >= 11 is 0. The van der Waals surface area contributed by atoms with E-state index in [4.69, 9.17) is 5.73 Å². The Labute approximate surface area is 153 Å². The molecule has 138 valence electrons. The van der Waals surface area contributed by atoms with Crippen LogP contribution >= 0.6 is 0 Å². The maximum atomic E-state index is 12.4. The van der Waals surface area contributed by atoms with E-state index < -0.39 is 0 Å². The van der Waals surface area contributed by atoms with Crippen molar-refractivity contribution in [3.8, 4) is 5.69 Å². The Morgan fingerprint density at radius 2 is 2.08 bits per heavy atom. The number of carbonyl (C=O) groups is 2. The van der Waals surface area contributed by atoms with E-state index >= 15 is 0 Å². The molecule has 0 radical (unpaired) electrons. The van der Waals surface area contributed by atoms with Gasteiger partial charge in [0.05, 0.1) is 17.4 Å². The predicted octanol–water partition coefficient (Wildman–Crippen LogP) is 3.42. The number of hydrogen-bond donors (Lipinski definition) is 2. The Kier molecular flexibility index (Phi) is 5.40. The number of ketones is 1. The molecule has 1 aliphatic rings. The number of benzene rings is 1. The van der Waals surface area contributed by atoms with Gasteiger partial charge in [0.2, 0.25) is 0 Å². The molecule has 0 atom stereocenters. The third-order valence-corrected chi connectivity index (χ3v) is 4.73. The quantitative estimate of drug-likeness (QED) is 0.561. The van der Waals surface area contributed by atoms with E-state index in [1.54, 1.807) is 16.8 Å². The zero-order valence-electron chi connectivity index (χ0n) is 15.4. The van der Waals surface area contributed by atoms with Crippen molar-refractivity contribution in [1.29, 1.82) is 0 Å². The highest BCUT2D eigenvalue weighted by atomic mass is 16.1. The van der Waals surface area contributed by atoms with E-state index in [0.717, 1.165) is 43.4 Å². The summed E-state index contributed by atoms with van der Waals surface area (Å²) < 4.78 is 1.55. The van der Waals surface area contributed by atoms with Gasteiger partial charge in [-0.25, -0.2) is 4.68 Å². The number of aryl methyl sites for hydroxylation is 1. The van der Waals surface area contributed by atoms with Crippen molar-refractivity contribution in [2.45, 2.75) is 58.4 Å². The van der Waals surface area contributed by atoms with E-state index in [1.165, 1.54) is 6.20 Å². The number of nitrogen functional groups attached to an aromatic ring is 1. The van der Waals surface area contributed by atoms with Crippen LogP contribution in [0, 0.1) is 6.92 Å². The third-order valence-electron chi connectivity index (χ3n) is 4.73. The number of unbranched alkanes of at least 4 members (excludes halogenated alkanes) is 2. The normalized spacial score (nSPS) is 13.6. The van der Waals surface area contributed by atoms with Crippen LogP contribution in [0.15, 0.2) is 24.4 Å². The van der Waals surface area contributed by atoms with Crippen LogP contribution in [0.3, 0.4) is 0 Å². The lowest BCUT2D eigenvalue weighted by Gasteiger charge is -2.11. The third kappa shape index (κ3) is 3.95. The summed E-state index contributed by atoms with van der Waals surface area (Å²) in [5.74, 6) is 0.257. The molecular weight excluding hydrogens is 328 g/mol. The van der Waals surface area contributed by atoms with Gasteiger partial charge in [0, 0.05) is 18.0 Å². The van der Waals surface area contributed by atoms with Gasteiger partial charge >= 0.3 is 0 Å². The molecule has 1 aromatic carbocycles. The monoisotopic (exact) mass is 354 g/mol. The van der Waals surface area contributed by atoms with E-state index in [9.17, 15) is 9.59 Å². The number of anilines is 1. The summed E-state index contributed by atoms with van der Waals surface area (Å²) in [6.07, 6.45) is 7.04. The molecule has 3 N–H and O–H groups in total. The first-order chi connectivity index (χ1) is 12.5. The van der Waals surface area contributed by atoms with Gasteiger partial charge in [0.25, 0.3) is 5.91 Å². The average molecular weight is 354 g/mol. The highest BCUT2D eigenvalue weighted by molar-refractivity contribution is 6.00. The second-order valence-corrected chi connectivity index (χ2v) is 6.98. The maximum absolute atomic E-state index is 12.4. The molecule has 6 nitrogen and oxygen atoms in total. The molecule has 0 saturated heterocycles. The zero-order valence-corrected chi connectivity index (χ0v) is 15.4. The first kappa shape index (κ1) is 18.2. The van der Waals surface area contributed by atoms with Crippen molar-refractivity contribution in [2.24, 2.45) is 0 Å². The van der Waals surface area contributed by atoms with Gasteiger partial charge in [-0.15, -0.1) is 0 Å². The molecule has 0 bridgehead atoms. The summed E-state index contributed by atoms with van der Waals surface area (Å²) in [6, 6.07) is 5.75. The van der Waals surface area contributed by atoms with Crippen LogP contribution in [0.5, 0.6) is 0 Å². The van der Waals surface area contributed by atoms with Crippen molar-refractivity contribution < 1.29 is 9.59 Å². The fourth-order valence-electron chi connectivity index (χ4n) is 2.91. The van der Waals surface area contributed by atoms with E-state index in [-0.39, 0.29) is 11.7 Å². The number of nitrogens with one attached hydrogen (secondary N) is 1. The van der Waals surface area contributed by atoms with Crippen molar-refractivity contribution >= 4 is 17.5 Å². The number of aromatic nitrogens is 2. The molecule has 26 heavy (non-hydrogen) atoms. The fourth-order valence-corrected chi connectivity index (χ4v) is 2.91. The minimum atomic E-state index is -0.0876. The number of carbonyl (C=O) groups excluding carboxylic acids is 2. The van der Waals surface area contributed by atoms with Gasteiger partial charge in [-0.3, -0.25) is 9.59 Å². The Hall–Kier alpha value is -2.63. The van der Waals surface area contributed by atoms with Gasteiger partial charge in [-0.2, -0.15) is 5.10 Å². The van der Waals surface area contributed by atoms with Crippen LogP contribution in [-0.4, -0.2) is 27.5 Å². The molecule has 1 aromatic heterocycles. The zero-order chi connectivity index (χ0) is 18.7. The molecule has 3 rings (SSSR count). The number of nitrogens with two attached hydrogens (primary N) is 1. The lowest BCUT2D eigenvalue weighted by atomic mass is 10.1.